The molecule has 5 heteroatoms. The monoisotopic (exact) mass is 273 g/mol. The van der Waals surface area contributed by atoms with Crippen LogP contribution in [0.1, 0.15) is 17.2 Å². The number of ether oxygens (including phenoxy) is 2. The smallest absolute Gasteiger partial charge is 0.254 e. The molecule has 3 rings (SSSR count). The van der Waals surface area contributed by atoms with Crippen LogP contribution in [0.4, 0.5) is 0 Å². The summed E-state index contributed by atoms with van der Waals surface area (Å²) < 4.78 is 11.1. The molecule has 104 valence electrons. The van der Waals surface area contributed by atoms with Crippen LogP contribution >= 0.6 is 0 Å². The van der Waals surface area contributed by atoms with Gasteiger partial charge in [-0.15, -0.1) is 0 Å². The van der Waals surface area contributed by atoms with Crippen molar-refractivity contribution in [2.75, 3.05) is 14.2 Å². The van der Waals surface area contributed by atoms with Gasteiger partial charge in [-0.3, -0.25) is 14.5 Å². The maximum atomic E-state index is 12.0. The number of nitrogens with zero attached hydrogens (tertiary/aromatic N) is 1. The summed E-state index contributed by atoms with van der Waals surface area (Å²) in [6.45, 7) is 0. The van der Waals surface area contributed by atoms with Crippen LogP contribution in [0.2, 0.25) is 0 Å². The Kier molecular flexibility index (Phi) is 2.96. The number of carbonyl (C=O) groups is 2. The van der Waals surface area contributed by atoms with Crippen molar-refractivity contribution in [2.45, 2.75) is 18.2 Å². The summed E-state index contributed by atoms with van der Waals surface area (Å²) >= 11 is 0. The summed E-state index contributed by atoms with van der Waals surface area (Å²) in [4.78, 5) is 25.2. The highest BCUT2D eigenvalue weighted by Crippen LogP contribution is 2.46. The van der Waals surface area contributed by atoms with E-state index in [9.17, 15) is 9.59 Å². The van der Waals surface area contributed by atoms with Gasteiger partial charge in [0.2, 0.25) is 0 Å². The molecule has 0 aromatic heterocycles. The van der Waals surface area contributed by atoms with E-state index in [1.54, 1.807) is 0 Å². The lowest BCUT2D eigenvalue weighted by Gasteiger charge is -2.37. The minimum atomic E-state index is -1.03. The molecular formula is C15H15NO4. The van der Waals surface area contributed by atoms with Gasteiger partial charge in [-0.05, 0) is 11.1 Å². The van der Waals surface area contributed by atoms with E-state index in [0.29, 0.717) is 6.42 Å². The first kappa shape index (κ1) is 13.0. The Balaban J connectivity index is 2.13. The summed E-state index contributed by atoms with van der Waals surface area (Å²) in [6, 6.07) is 7.09. The van der Waals surface area contributed by atoms with Crippen LogP contribution in [-0.4, -0.2) is 36.7 Å². The van der Waals surface area contributed by atoms with Crippen molar-refractivity contribution in [3.8, 4) is 0 Å². The Morgan fingerprint density at radius 2 is 1.70 bits per heavy atom. The third kappa shape index (κ3) is 1.63. The van der Waals surface area contributed by atoms with Gasteiger partial charge in [0.1, 0.15) is 6.04 Å². The molecule has 1 heterocycles. The average Bonchev–Trinajstić information content (AvgIpc) is 2.96. The molecule has 20 heavy (non-hydrogen) atoms. The molecule has 1 aromatic carbocycles. The van der Waals surface area contributed by atoms with Crippen LogP contribution in [0.25, 0.3) is 0 Å². The summed E-state index contributed by atoms with van der Waals surface area (Å²) in [5.74, 6) is -1.70. The molecule has 0 fully saturated rings. The van der Waals surface area contributed by atoms with Gasteiger partial charge in [0.25, 0.3) is 11.8 Å². The van der Waals surface area contributed by atoms with E-state index in [1.165, 1.54) is 31.3 Å². The molecule has 1 atom stereocenters. The van der Waals surface area contributed by atoms with Crippen LogP contribution in [0, 0.1) is 0 Å². The van der Waals surface area contributed by atoms with E-state index < -0.39 is 11.8 Å². The first-order chi connectivity index (χ1) is 9.63. The van der Waals surface area contributed by atoms with Crippen molar-refractivity contribution >= 4 is 11.8 Å². The van der Waals surface area contributed by atoms with Crippen molar-refractivity contribution < 1.29 is 19.1 Å². The van der Waals surface area contributed by atoms with Crippen LogP contribution in [-0.2, 0) is 25.5 Å². The maximum absolute atomic E-state index is 12.0. The Bertz CT molecular complexity index is 586. The largest absolute Gasteiger partial charge is 0.351 e. The Morgan fingerprint density at radius 1 is 1.10 bits per heavy atom. The molecule has 1 aromatic rings. The second-order valence-electron chi connectivity index (χ2n) is 4.88. The van der Waals surface area contributed by atoms with Gasteiger partial charge in [-0.1, -0.05) is 24.3 Å². The highest BCUT2D eigenvalue weighted by molar-refractivity contribution is 6.13. The van der Waals surface area contributed by atoms with Gasteiger partial charge in [0.15, 0.2) is 5.79 Å². The predicted octanol–water partition coefficient (Wildman–Crippen LogP) is 1.20. The number of fused-ring (bicyclic) bond motifs is 1. The molecule has 0 spiro atoms. The third-order valence-corrected chi connectivity index (χ3v) is 4.00. The van der Waals surface area contributed by atoms with E-state index >= 15 is 0 Å². The lowest BCUT2D eigenvalue weighted by atomic mass is 10.0. The molecule has 0 bridgehead atoms. The summed E-state index contributed by atoms with van der Waals surface area (Å²) in [5.41, 5.74) is 1.91. The average molecular weight is 273 g/mol. The van der Waals surface area contributed by atoms with E-state index in [2.05, 4.69) is 0 Å². The minimum Gasteiger partial charge on any atom is -0.351 e. The zero-order valence-electron chi connectivity index (χ0n) is 11.3. The van der Waals surface area contributed by atoms with Crippen molar-refractivity contribution in [1.82, 2.24) is 4.90 Å². The van der Waals surface area contributed by atoms with Crippen LogP contribution < -0.4 is 0 Å². The number of amides is 2. The number of benzene rings is 1. The van der Waals surface area contributed by atoms with Crippen molar-refractivity contribution in [3.63, 3.8) is 0 Å². The topological polar surface area (TPSA) is 55.8 Å². The quantitative estimate of drug-likeness (QED) is 0.613. The zero-order chi connectivity index (χ0) is 14.3. The normalized spacial score (nSPS) is 23.5. The number of imide groups is 1. The number of carbonyl (C=O) groups excluding carboxylic acids is 2. The van der Waals surface area contributed by atoms with Crippen molar-refractivity contribution in [3.05, 3.63) is 47.5 Å². The first-order valence-electron chi connectivity index (χ1n) is 6.36. The Hall–Kier alpha value is -1.98. The summed E-state index contributed by atoms with van der Waals surface area (Å²) in [6.07, 6.45) is 3.05. The van der Waals surface area contributed by atoms with E-state index in [1.807, 2.05) is 24.3 Å². The maximum Gasteiger partial charge on any atom is 0.254 e. The molecule has 2 amide bonds. The van der Waals surface area contributed by atoms with Crippen LogP contribution in [0.3, 0.4) is 0 Å². The predicted molar refractivity (Wildman–Crippen MR) is 70.6 cm³/mol. The fourth-order valence-corrected chi connectivity index (χ4v) is 3.01. The molecule has 1 aliphatic heterocycles. The van der Waals surface area contributed by atoms with Gasteiger partial charge in [0.05, 0.1) is 0 Å². The molecule has 2 aliphatic rings. The van der Waals surface area contributed by atoms with Gasteiger partial charge in [-0.25, -0.2) is 0 Å². The highest BCUT2D eigenvalue weighted by Gasteiger charge is 2.53. The SMILES string of the molecule is COC1(OC)Cc2ccccc2[C@@H]1N1C(=O)C=CC1=O. The standard InChI is InChI=1S/C15H15NO4/c1-19-15(20-2)9-10-5-3-4-6-11(10)14(15)16-12(17)7-8-13(16)18/h3-8,14H,9H2,1-2H3/t14-/m0/s1. The van der Waals surface area contributed by atoms with E-state index in [0.717, 1.165) is 11.1 Å². The molecule has 5 nitrogen and oxygen atoms in total. The molecular weight excluding hydrogens is 258 g/mol. The fourth-order valence-electron chi connectivity index (χ4n) is 3.01. The van der Waals surface area contributed by atoms with Gasteiger partial charge >= 0.3 is 0 Å². The summed E-state index contributed by atoms with van der Waals surface area (Å²) in [7, 11) is 3.06. The number of hydrogen-bond donors (Lipinski definition) is 0. The Labute approximate surface area is 116 Å². The van der Waals surface area contributed by atoms with E-state index in [4.69, 9.17) is 9.47 Å². The van der Waals surface area contributed by atoms with Crippen LogP contribution in [0.15, 0.2) is 36.4 Å². The third-order valence-electron chi connectivity index (χ3n) is 4.00. The van der Waals surface area contributed by atoms with Crippen molar-refractivity contribution in [2.24, 2.45) is 0 Å². The molecule has 0 saturated carbocycles. The fraction of sp³-hybridized carbons (Fsp3) is 0.333. The van der Waals surface area contributed by atoms with Gasteiger partial charge < -0.3 is 9.47 Å². The lowest BCUT2D eigenvalue weighted by Crippen LogP contribution is -2.49. The van der Waals surface area contributed by atoms with Gasteiger partial charge in [-0.2, -0.15) is 0 Å². The molecule has 0 saturated heterocycles. The molecule has 0 radical (unpaired) electrons. The number of methoxy groups -OCH3 is 2. The zero-order valence-corrected chi connectivity index (χ0v) is 11.3. The second kappa shape index (κ2) is 4.54. The molecule has 0 unspecified atom stereocenters. The minimum absolute atomic E-state index is 0.338. The Morgan fingerprint density at radius 3 is 2.30 bits per heavy atom. The molecule has 1 aliphatic carbocycles. The first-order valence-corrected chi connectivity index (χ1v) is 6.36. The van der Waals surface area contributed by atoms with Crippen LogP contribution in [0.5, 0.6) is 0 Å². The van der Waals surface area contributed by atoms with Gasteiger partial charge in [0, 0.05) is 32.8 Å². The lowest BCUT2D eigenvalue weighted by molar-refractivity contribution is -0.235. The number of rotatable bonds is 3. The summed E-state index contributed by atoms with van der Waals surface area (Å²) in [5, 5.41) is 0. The molecule has 0 N–H and O–H groups in total. The van der Waals surface area contributed by atoms with E-state index in [-0.39, 0.29) is 11.8 Å². The second-order valence-corrected chi connectivity index (χ2v) is 4.88. The highest BCUT2D eigenvalue weighted by atomic mass is 16.7. The van der Waals surface area contributed by atoms with Crippen molar-refractivity contribution in [1.29, 1.82) is 0 Å². The number of hydrogen-bond acceptors (Lipinski definition) is 4.